The monoisotopic (exact) mass is 408 g/mol. The van der Waals surface area contributed by atoms with Crippen molar-refractivity contribution >= 4 is 5.91 Å². The van der Waals surface area contributed by atoms with Gasteiger partial charge in [0, 0.05) is 20.1 Å². The third kappa shape index (κ3) is 7.57. The highest BCUT2D eigenvalue weighted by atomic mass is 19.3. The highest BCUT2D eigenvalue weighted by molar-refractivity contribution is 5.77. The van der Waals surface area contributed by atoms with E-state index in [1.807, 2.05) is 36.2 Å². The van der Waals surface area contributed by atoms with Crippen LogP contribution in [0.25, 0.3) is 0 Å². The fourth-order valence-corrected chi connectivity index (χ4v) is 2.62. The molecule has 0 atom stereocenters. The summed E-state index contributed by atoms with van der Waals surface area (Å²) < 4.78 is 39.6. The van der Waals surface area contributed by atoms with Gasteiger partial charge in [0.05, 0.1) is 13.7 Å². The second-order valence-corrected chi connectivity index (χ2v) is 6.51. The summed E-state index contributed by atoms with van der Waals surface area (Å²) in [6.07, 6.45) is 0. The Bertz CT molecular complexity index is 772. The number of methoxy groups -OCH3 is 1. The zero-order chi connectivity index (χ0) is 21.2. The van der Waals surface area contributed by atoms with Gasteiger partial charge in [0.1, 0.15) is 12.4 Å². The first-order chi connectivity index (χ1) is 13.9. The summed E-state index contributed by atoms with van der Waals surface area (Å²) in [5.41, 5.74) is 0.824. The minimum atomic E-state index is -2.85. The van der Waals surface area contributed by atoms with Gasteiger partial charge >= 0.3 is 6.61 Å². The number of para-hydroxylation sites is 2. The maximum Gasteiger partial charge on any atom is 0.387 e. The van der Waals surface area contributed by atoms with Crippen LogP contribution >= 0.6 is 0 Å². The summed E-state index contributed by atoms with van der Waals surface area (Å²) in [6, 6.07) is 13.6. The Morgan fingerprint density at radius 1 is 1.03 bits per heavy atom. The number of likely N-dealkylation sites (N-methyl/N-ethyl adjacent to an activating group) is 2. The maximum absolute atomic E-state index is 12.4. The largest absolute Gasteiger partial charge is 0.493 e. The summed E-state index contributed by atoms with van der Waals surface area (Å²) in [7, 11) is 5.13. The average Bonchev–Trinajstić information content (AvgIpc) is 2.69. The molecular weight excluding hydrogens is 382 g/mol. The van der Waals surface area contributed by atoms with Crippen LogP contribution in [0, 0.1) is 0 Å². The third-order valence-electron chi connectivity index (χ3n) is 4.20. The number of hydrogen-bond acceptors (Lipinski definition) is 5. The summed E-state index contributed by atoms with van der Waals surface area (Å²) in [5.74, 6) is 1.35. The number of rotatable bonds is 11. The summed E-state index contributed by atoms with van der Waals surface area (Å²) >= 11 is 0. The second kappa shape index (κ2) is 11.2. The van der Waals surface area contributed by atoms with Gasteiger partial charge in [0.15, 0.2) is 11.5 Å². The summed E-state index contributed by atoms with van der Waals surface area (Å²) in [6.45, 7) is -1.26. The smallest absolute Gasteiger partial charge is 0.387 e. The number of carbonyl (C=O) groups excluding carboxylic acids is 1. The first kappa shape index (κ1) is 22.4. The number of carbonyl (C=O) groups is 1. The van der Waals surface area contributed by atoms with Gasteiger partial charge in [-0.05, 0) is 36.9 Å². The molecule has 0 heterocycles. The van der Waals surface area contributed by atoms with Crippen LogP contribution in [0.15, 0.2) is 48.5 Å². The Morgan fingerprint density at radius 3 is 2.31 bits per heavy atom. The molecule has 0 fully saturated rings. The van der Waals surface area contributed by atoms with Crippen molar-refractivity contribution in [2.24, 2.45) is 0 Å². The number of hydrogen-bond donors (Lipinski definition) is 0. The average molecular weight is 408 g/mol. The number of ether oxygens (including phenoxy) is 3. The van der Waals surface area contributed by atoms with Gasteiger partial charge in [-0.15, -0.1) is 0 Å². The number of halogens is 2. The molecule has 6 nitrogen and oxygen atoms in total. The molecule has 0 aromatic heterocycles. The van der Waals surface area contributed by atoms with E-state index in [4.69, 9.17) is 9.47 Å². The molecule has 0 aliphatic heterocycles. The number of alkyl halides is 2. The van der Waals surface area contributed by atoms with Crippen molar-refractivity contribution in [1.29, 1.82) is 0 Å². The standard InChI is InChI=1S/C21H26F2N2O4/c1-24(12-13-28-19-7-5-4-6-18(19)27-3)15-20(26)25(2)14-16-8-10-17(11-9-16)29-21(22)23/h4-11,21H,12-15H2,1-3H3. The van der Waals surface area contributed by atoms with Crippen molar-refractivity contribution in [3.05, 3.63) is 54.1 Å². The quantitative estimate of drug-likeness (QED) is 0.571. The maximum atomic E-state index is 12.4. The molecule has 8 heteroatoms. The molecule has 0 unspecified atom stereocenters. The fourth-order valence-electron chi connectivity index (χ4n) is 2.62. The third-order valence-corrected chi connectivity index (χ3v) is 4.20. The fraction of sp³-hybridized carbons (Fsp3) is 0.381. The van der Waals surface area contributed by atoms with Crippen molar-refractivity contribution in [2.75, 3.05) is 40.9 Å². The Hall–Kier alpha value is -2.87. The predicted octanol–water partition coefficient (Wildman–Crippen LogP) is 3.27. The van der Waals surface area contributed by atoms with E-state index in [2.05, 4.69) is 4.74 Å². The molecule has 2 aromatic rings. The van der Waals surface area contributed by atoms with Crippen molar-refractivity contribution in [3.63, 3.8) is 0 Å². The molecule has 0 aliphatic rings. The lowest BCUT2D eigenvalue weighted by Crippen LogP contribution is -2.37. The molecule has 1 amide bonds. The van der Waals surface area contributed by atoms with Crippen LogP contribution in [0.2, 0.25) is 0 Å². The molecular formula is C21H26F2N2O4. The molecule has 0 aliphatic carbocycles. The summed E-state index contributed by atoms with van der Waals surface area (Å²) in [5, 5.41) is 0. The van der Waals surface area contributed by atoms with Gasteiger partial charge in [-0.25, -0.2) is 0 Å². The highest BCUT2D eigenvalue weighted by Gasteiger charge is 2.13. The van der Waals surface area contributed by atoms with Gasteiger partial charge in [-0.1, -0.05) is 24.3 Å². The van der Waals surface area contributed by atoms with Crippen LogP contribution in [0.5, 0.6) is 17.2 Å². The van der Waals surface area contributed by atoms with E-state index in [1.54, 1.807) is 31.2 Å². The van der Waals surface area contributed by atoms with E-state index >= 15 is 0 Å². The van der Waals surface area contributed by atoms with Gasteiger partial charge in [0.25, 0.3) is 0 Å². The molecule has 0 spiro atoms. The van der Waals surface area contributed by atoms with Crippen molar-refractivity contribution in [3.8, 4) is 17.2 Å². The Balaban J connectivity index is 1.75. The van der Waals surface area contributed by atoms with Crippen LogP contribution in [0.3, 0.4) is 0 Å². The SMILES string of the molecule is COc1ccccc1OCCN(C)CC(=O)N(C)Cc1ccc(OC(F)F)cc1. The number of nitrogens with zero attached hydrogens (tertiary/aromatic N) is 2. The topological polar surface area (TPSA) is 51.2 Å². The van der Waals surface area contributed by atoms with Crippen LogP contribution in [-0.2, 0) is 11.3 Å². The first-order valence-corrected chi connectivity index (χ1v) is 9.11. The molecule has 29 heavy (non-hydrogen) atoms. The van der Waals surface area contributed by atoms with Crippen LogP contribution in [0.1, 0.15) is 5.56 Å². The number of amides is 1. The Labute approximate surface area is 169 Å². The Morgan fingerprint density at radius 2 is 1.69 bits per heavy atom. The Kier molecular flexibility index (Phi) is 8.67. The van der Waals surface area contributed by atoms with Crippen LogP contribution in [-0.4, -0.2) is 63.2 Å². The van der Waals surface area contributed by atoms with Crippen LogP contribution < -0.4 is 14.2 Å². The molecule has 158 valence electrons. The predicted molar refractivity (Wildman–Crippen MR) is 106 cm³/mol. The molecule has 0 radical (unpaired) electrons. The first-order valence-electron chi connectivity index (χ1n) is 9.11. The number of benzene rings is 2. The summed E-state index contributed by atoms with van der Waals surface area (Å²) in [4.78, 5) is 15.9. The van der Waals surface area contributed by atoms with Gasteiger partial charge < -0.3 is 19.1 Å². The van der Waals surface area contributed by atoms with Crippen molar-refractivity contribution in [1.82, 2.24) is 9.80 Å². The van der Waals surface area contributed by atoms with Gasteiger partial charge in [-0.3, -0.25) is 9.69 Å². The lowest BCUT2D eigenvalue weighted by atomic mass is 10.2. The van der Waals surface area contributed by atoms with E-state index in [0.717, 1.165) is 5.56 Å². The van der Waals surface area contributed by atoms with Crippen molar-refractivity contribution in [2.45, 2.75) is 13.2 Å². The van der Waals surface area contributed by atoms with E-state index in [0.29, 0.717) is 31.2 Å². The minimum Gasteiger partial charge on any atom is -0.493 e. The minimum absolute atomic E-state index is 0.0577. The van der Waals surface area contributed by atoms with Gasteiger partial charge in [0.2, 0.25) is 5.91 Å². The van der Waals surface area contributed by atoms with E-state index < -0.39 is 6.61 Å². The molecule has 2 rings (SSSR count). The van der Waals surface area contributed by atoms with E-state index in [1.165, 1.54) is 12.1 Å². The van der Waals surface area contributed by atoms with Gasteiger partial charge in [-0.2, -0.15) is 8.78 Å². The lowest BCUT2D eigenvalue weighted by molar-refractivity contribution is -0.131. The van der Waals surface area contributed by atoms with Crippen LogP contribution in [0.4, 0.5) is 8.78 Å². The second-order valence-electron chi connectivity index (χ2n) is 6.51. The van der Waals surface area contributed by atoms with E-state index in [9.17, 15) is 13.6 Å². The lowest BCUT2D eigenvalue weighted by Gasteiger charge is -2.22. The van der Waals surface area contributed by atoms with E-state index in [-0.39, 0.29) is 18.2 Å². The normalized spacial score (nSPS) is 10.9. The highest BCUT2D eigenvalue weighted by Crippen LogP contribution is 2.25. The zero-order valence-electron chi connectivity index (χ0n) is 16.8. The molecule has 0 N–H and O–H groups in total. The zero-order valence-corrected chi connectivity index (χ0v) is 16.8. The molecule has 0 bridgehead atoms. The molecule has 0 saturated carbocycles. The molecule has 2 aromatic carbocycles. The van der Waals surface area contributed by atoms with Crippen molar-refractivity contribution < 1.29 is 27.8 Å². The molecule has 0 saturated heterocycles.